The van der Waals surface area contributed by atoms with Gasteiger partial charge < -0.3 is 18.3 Å². The van der Waals surface area contributed by atoms with Crippen LogP contribution in [0.3, 0.4) is 0 Å². The third-order valence-corrected chi connectivity index (χ3v) is 7.73. The first-order valence-corrected chi connectivity index (χ1v) is 12.7. The molecule has 8 nitrogen and oxygen atoms in total. The van der Waals surface area contributed by atoms with Crippen molar-refractivity contribution in [2.75, 3.05) is 13.2 Å². The van der Waals surface area contributed by atoms with Gasteiger partial charge in [0.2, 0.25) is 5.89 Å². The highest BCUT2D eigenvalue weighted by Gasteiger charge is 2.51. The van der Waals surface area contributed by atoms with Crippen LogP contribution in [0.25, 0.3) is 0 Å². The number of carbonyl (C=O) groups is 1. The lowest BCUT2D eigenvalue weighted by atomic mass is 9.95. The Labute approximate surface area is 193 Å². The first-order chi connectivity index (χ1) is 15.0. The van der Waals surface area contributed by atoms with Gasteiger partial charge in [-0.1, -0.05) is 28.9 Å². The number of aromatic nitrogens is 2. The van der Waals surface area contributed by atoms with Gasteiger partial charge in [0, 0.05) is 5.02 Å². The second-order valence-corrected chi connectivity index (χ2v) is 11.4. The van der Waals surface area contributed by atoms with Crippen LogP contribution in [0.4, 0.5) is 0 Å². The molecule has 0 spiro atoms. The summed E-state index contributed by atoms with van der Waals surface area (Å²) in [4.78, 5) is 17.5. The Bertz CT molecular complexity index is 971. The van der Waals surface area contributed by atoms with E-state index < -0.39 is 24.8 Å². The van der Waals surface area contributed by atoms with Crippen molar-refractivity contribution in [3.8, 4) is 0 Å². The molecule has 1 aromatic carbocycles. The maximum absolute atomic E-state index is 13.5. The third kappa shape index (κ3) is 5.60. The number of esters is 1. The van der Waals surface area contributed by atoms with E-state index in [0.29, 0.717) is 10.8 Å². The maximum Gasteiger partial charge on any atom is 0.345 e. The van der Waals surface area contributed by atoms with Gasteiger partial charge in [-0.15, -0.1) is 0 Å². The van der Waals surface area contributed by atoms with Crippen LogP contribution in [0.15, 0.2) is 28.8 Å². The van der Waals surface area contributed by atoms with E-state index in [1.54, 1.807) is 34.6 Å². The highest BCUT2D eigenvalue weighted by Crippen LogP contribution is 2.55. The number of hydrogen-bond donors (Lipinski definition) is 0. The molecule has 1 aromatic heterocycles. The lowest BCUT2D eigenvalue weighted by Crippen LogP contribution is -2.34. The van der Waals surface area contributed by atoms with Crippen molar-refractivity contribution in [3.05, 3.63) is 46.6 Å². The van der Waals surface area contributed by atoms with Crippen molar-refractivity contribution in [2.24, 2.45) is 0 Å². The zero-order chi connectivity index (χ0) is 23.6. The third-order valence-electron chi connectivity index (χ3n) is 5.09. The summed E-state index contributed by atoms with van der Waals surface area (Å²) in [6.45, 7) is 8.82. The molecule has 1 aliphatic carbocycles. The molecule has 1 fully saturated rings. The Morgan fingerprint density at radius 2 is 1.78 bits per heavy atom. The number of benzene rings is 1. The van der Waals surface area contributed by atoms with Gasteiger partial charge in [0.25, 0.3) is 0 Å². The zero-order valence-corrected chi connectivity index (χ0v) is 20.7. The van der Waals surface area contributed by atoms with Crippen LogP contribution < -0.4 is 0 Å². The largest absolute Gasteiger partial charge is 0.459 e. The number of hydrogen-bond acceptors (Lipinski definition) is 8. The summed E-state index contributed by atoms with van der Waals surface area (Å²) < 4.78 is 35.3. The van der Waals surface area contributed by atoms with E-state index >= 15 is 0 Å². The van der Waals surface area contributed by atoms with Crippen LogP contribution in [0.5, 0.6) is 0 Å². The molecule has 1 atom stereocenters. The van der Waals surface area contributed by atoms with E-state index in [-0.39, 0.29) is 30.9 Å². The van der Waals surface area contributed by atoms with Crippen molar-refractivity contribution < 1.29 is 27.7 Å². The molecule has 1 saturated carbocycles. The highest BCUT2D eigenvalue weighted by molar-refractivity contribution is 7.55. The summed E-state index contributed by atoms with van der Waals surface area (Å²) in [6, 6.07) is 7.56. The second-order valence-electron chi connectivity index (χ2n) is 8.73. The summed E-state index contributed by atoms with van der Waals surface area (Å²) in [5.41, 5.74) is -1.28. The molecule has 0 aliphatic heterocycles. The highest BCUT2D eigenvalue weighted by atomic mass is 35.5. The average Bonchev–Trinajstić information content (AvgIpc) is 3.36. The fourth-order valence-electron chi connectivity index (χ4n) is 3.50. The molecule has 0 bridgehead atoms. The molecular formula is C22H30ClN2O6P. The fourth-order valence-corrected chi connectivity index (χ4v) is 5.47. The molecule has 0 amide bonds. The molecule has 1 heterocycles. The van der Waals surface area contributed by atoms with Gasteiger partial charge in [0.15, 0.2) is 11.5 Å². The molecule has 1 aliphatic rings. The Morgan fingerprint density at radius 3 is 2.28 bits per heavy atom. The van der Waals surface area contributed by atoms with Crippen LogP contribution in [-0.2, 0) is 35.0 Å². The van der Waals surface area contributed by atoms with Crippen molar-refractivity contribution in [1.29, 1.82) is 0 Å². The molecule has 176 valence electrons. The maximum atomic E-state index is 13.5. The minimum Gasteiger partial charge on any atom is -0.459 e. The van der Waals surface area contributed by atoms with E-state index in [4.69, 9.17) is 29.9 Å². The summed E-state index contributed by atoms with van der Waals surface area (Å²) in [6.07, 6.45) is 1.63. The fraction of sp³-hybridized carbons (Fsp3) is 0.591. The molecule has 1 unspecified atom stereocenters. The predicted molar refractivity (Wildman–Crippen MR) is 120 cm³/mol. The van der Waals surface area contributed by atoms with E-state index in [9.17, 15) is 9.36 Å². The van der Waals surface area contributed by atoms with E-state index in [1.165, 1.54) is 0 Å². The van der Waals surface area contributed by atoms with Gasteiger partial charge in [-0.05, 0) is 65.2 Å². The van der Waals surface area contributed by atoms with Crippen molar-refractivity contribution >= 4 is 25.2 Å². The van der Waals surface area contributed by atoms with Crippen molar-refractivity contribution in [2.45, 2.75) is 70.6 Å². The number of ether oxygens (including phenoxy) is 1. The predicted octanol–water partition coefficient (Wildman–Crippen LogP) is 5.32. The minimum atomic E-state index is -3.83. The lowest BCUT2D eigenvalue weighted by molar-refractivity contribution is -0.154. The summed E-state index contributed by atoms with van der Waals surface area (Å²) in [5.74, 6) is 0.0115. The van der Waals surface area contributed by atoms with E-state index in [1.807, 2.05) is 24.3 Å². The lowest BCUT2D eigenvalue weighted by Gasteiger charge is -2.27. The van der Waals surface area contributed by atoms with Gasteiger partial charge in [-0.2, -0.15) is 4.98 Å². The van der Waals surface area contributed by atoms with Crippen LogP contribution >= 0.6 is 19.2 Å². The molecule has 0 saturated heterocycles. The van der Waals surface area contributed by atoms with E-state index in [0.717, 1.165) is 18.4 Å². The van der Waals surface area contributed by atoms with E-state index in [2.05, 4.69) is 10.1 Å². The summed E-state index contributed by atoms with van der Waals surface area (Å²) in [5, 5.41) is 4.82. The van der Waals surface area contributed by atoms with Crippen LogP contribution in [0.1, 0.15) is 64.7 Å². The number of nitrogens with zero attached hydrogens (tertiary/aromatic N) is 2. The first-order valence-electron chi connectivity index (χ1n) is 10.7. The zero-order valence-electron chi connectivity index (χ0n) is 19.1. The molecule has 10 heteroatoms. The Kier molecular flexibility index (Phi) is 7.50. The number of carbonyl (C=O) groups excluding carboxylic acids is 1. The second kappa shape index (κ2) is 9.64. The van der Waals surface area contributed by atoms with Crippen LogP contribution in [-0.4, -0.2) is 40.6 Å². The number of halogens is 1. The van der Waals surface area contributed by atoms with Gasteiger partial charge in [0.05, 0.1) is 25.0 Å². The topological polar surface area (TPSA) is 101 Å². The van der Waals surface area contributed by atoms with Gasteiger partial charge in [-0.3, -0.25) is 9.36 Å². The Balaban J connectivity index is 1.88. The number of rotatable bonds is 10. The monoisotopic (exact) mass is 484 g/mol. The molecule has 32 heavy (non-hydrogen) atoms. The van der Waals surface area contributed by atoms with Crippen LogP contribution in [0.2, 0.25) is 5.02 Å². The Hall–Kier alpha value is -1.73. The quantitative estimate of drug-likeness (QED) is 0.330. The van der Waals surface area contributed by atoms with Crippen LogP contribution in [0, 0.1) is 0 Å². The normalized spacial score (nSPS) is 16.6. The van der Waals surface area contributed by atoms with Gasteiger partial charge in [-0.25, -0.2) is 0 Å². The molecule has 3 rings (SSSR count). The Morgan fingerprint density at radius 1 is 1.19 bits per heavy atom. The van der Waals surface area contributed by atoms with Crippen molar-refractivity contribution in [3.63, 3.8) is 0 Å². The summed E-state index contributed by atoms with van der Waals surface area (Å²) in [7, 11) is -3.83. The summed E-state index contributed by atoms with van der Waals surface area (Å²) >= 11 is 6.02. The SMILES string of the molecule is CCOP(=O)(OCC)C(Cc1nc(C2(c3ccc(Cl)cc3)CC2)no1)C(=O)OC(C)(C)C. The first kappa shape index (κ1) is 24.9. The smallest absolute Gasteiger partial charge is 0.345 e. The molecular weight excluding hydrogens is 455 g/mol. The van der Waals surface area contributed by atoms with Gasteiger partial charge >= 0.3 is 13.6 Å². The average molecular weight is 485 g/mol. The molecule has 2 aromatic rings. The van der Waals surface area contributed by atoms with Crippen molar-refractivity contribution in [1.82, 2.24) is 10.1 Å². The van der Waals surface area contributed by atoms with Gasteiger partial charge in [0.1, 0.15) is 5.60 Å². The molecule has 0 N–H and O–H groups in total. The standard InChI is InChI=1S/C22H30ClN2O6P/c1-6-28-32(27,29-7-2)17(19(26)30-21(3,4)5)14-18-24-20(25-31-18)22(12-13-22)15-8-10-16(23)11-9-15/h8-11,17H,6-7,12-14H2,1-5H3. The molecule has 0 radical (unpaired) electrons. The minimum absolute atomic E-state index is 0.115.